The molecule has 0 unspecified atom stereocenters. The molecule has 1 aliphatic heterocycles. The molecule has 4 heterocycles. The molecule has 0 atom stereocenters. The van der Waals surface area contributed by atoms with Gasteiger partial charge in [0.15, 0.2) is 0 Å². The lowest BCUT2D eigenvalue weighted by Gasteiger charge is -2.31. The smallest absolute Gasteiger partial charge is 0.225 e. The van der Waals surface area contributed by atoms with E-state index in [0.717, 1.165) is 71.4 Å². The minimum absolute atomic E-state index is 0.449. The highest BCUT2D eigenvalue weighted by atomic mass is 15.3. The monoisotopic (exact) mass is 387 g/mol. The molecular formula is C22H25N7. The van der Waals surface area contributed by atoms with Gasteiger partial charge in [-0.3, -0.25) is 4.68 Å². The van der Waals surface area contributed by atoms with E-state index in [9.17, 15) is 0 Å². The minimum Gasteiger partial charge on any atom is -0.342 e. The Morgan fingerprint density at radius 1 is 1.03 bits per heavy atom. The number of piperidine rings is 1. The maximum absolute atomic E-state index is 4.87. The summed E-state index contributed by atoms with van der Waals surface area (Å²) in [6.07, 6.45) is 3.94. The highest BCUT2D eigenvalue weighted by molar-refractivity contribution is 5.74. The molecule has 148 valence electrons. The third-order valence-corrected chi connectivity index (χ3v) is 5.98. The van der Waals surface area contributed by atoms with Crippen LogP contribution in [0.25, 0.3) is 22.3 Å². The molecule has 1 aromatic carbocycles. The third kappa shape index (κ3) is 3.16. The number of H-pyrrole nitrogens is 1. The van der Waals surface area contributed by atoms with Crippen molar-refractivity contribution in [3.63, 3.8) is 0 Å². The lowest BCUT2D eigenvalue weighted by Crippen LogP contribution is -2.34. The van der Waals surface area contributed by atoms with Gasteiger partial charge in [0.05, 0.1) is 22.4 Å². The normalized spacial score (nSPS) is 15.3. The molecule has 0 spiro atoms. The lowest BCUT2D eigenvalue weighted by atomic mass is 9.96. The Bertz CT molecular complexity index is 1130. The van der Waals surface area contributed by atoms with Crippen molar-refractivity contribution in [2.75, 3.05) is 18.0 Å². The summed E-state index contributed by atoms with van der Waals surface area (Å²) in [7, 11) is 1.97. The second-order valence-electron chi connectivity index (χ2n) is 7.81. The van der Waals surface area contributed by atoms with Gasteiger partial charge in [-0.2, -0.15) is 5.10 Å². The van der Waals surface area contributed by atoms with Gasteiger partial charge in [0.25, 0.3) is 0 Å². The van der Waals surface area contributed by atoms with Crippen LogP contribution in [0.1, 0.15) is 36.0 Å². The fourth-order valence-electron chi connectivity index (χ4n) is 4.30. The summed E-state index contributed by atoms with van der Waals surface area (Å²) < 4.78 is 1.91. The number of aryl methyl sites for hydroxylation is 2. The SMILES string of the molecule is Cc1nn(C)c(C)c1-c1ccnc(N2CCC(c3nc4ccccc4[nH]3)CC2)n1. The molecule has 29 heavy (non-hydrogen) atoms. The van der Waals surface area contributed by atoms with Crippen LogP contribution in [0.15, 0.2) is 36.5 Å². The third-order valence-electron chi connectivity index (χ3n) is 5.98. The Labute approximate surface area is 169 Å². The van der Waals surface area contributed by atoms with Crippen LogP contribution >= 0.6 is 0 Å². The molecule has 0 bridgehead atoms. The van der Waals surface area contributed by atoms with Crippen molar-refractivity contribution in [3.05, 3.63) is 53.7 Å². The number of benzene rings is 1. The number of aromatic amines is 1. The predicted octanol–water partition coefficient (Wildman–Crippen LogP) is 3.75. The first kappa shape index (κ1) is 17.8. The van der Waals surface area contributed by atoms with Gasteiger partial charge < -0.3 is 9.88 Å². The molecule has 0 saturated carbocycles. The van der Waals surface area contributed by atoms with E-state index in [1.165, 1.54) is 0 Å². The minimum atomic E-state index is 0.449. The van der Waals surface area contributed by atoms with E-state index in [1.807, 2.05) is 43.0 Å². The summed E-state index contributed by atoms with van der Waals surface area (Å²) in [6, 6.07) is 10.2. The maximum atomic E-state index is 4.87. The number of para-hydroxylation sites is 2. The summed E-state index contributed by atoms with van der Waals surface area (Å²) in [5.41, 5.74) is 6.33. The number of rotatable bonds is 3. The zero-order chi connectivity index (χ0) is 20.0. The number of nitrogens with one attached hydrogen (secondary N) is 1. The van der Waals surface area contributed by atoms with Gasteiger partial charge in [0.1, 0.15) is 5.82 Å². The summed E-state index contributed by atoms with van der Waals surface area (Å²) in [6.45, 7) is 5.96. The van der Waals surface area contributed by atoms with Crippen LogP contribution in [0, 0.1) is 13.8 Å². The quantitative estimate of drug-likeness (QED) is 0.579. The van der Waals surface area contributed by atoms with Gasteiger partial charge in [-0.05, 0) is 44.9 Å². The Hall–Kier alpha value is -3.22. The molecule has 0 aliphatic carbocycles. The Morgan fingerprint density at radius 2 is 1.83 bits per heavy atom. The van der Waals surface area contributed by atoms with E-state index in [2.05, 4.69) is 39.0 Å². The first-order valence-electron chi connectivity index (χ1n) is 10.1. The number of imidazole rings is 1. The van der Waals surface area contributed by atoms with Crippen molar-refractivity contribution in [2.45, 2.75) is 32.6 Å². The first-order chi connectivity index (χ1) is 14.1. The van der Waals surface area contributed by atoms with Crippen LogP contribution in [-0.4, -0.2) is 42.8 Å². The summed E-state index contributed by atoms with van der Waals surface area (Å²) >= 11 is 0. The molecule has 3 aromatic heterocycles. The molecule has 0 radical (unpaired) electrons. The second-order valence-corrected chi connectivity index (χ2v) is 7.81. The van der Waals surface area contributed by atoms with Gasteiger partial charge in [-0.25, -0.2) is 15.0 Å². The topological polar surface area (TPSA) is 75.5 Å². The Morgan fingerprint density at radius 3 is 2.55 bits per heavy atom. The zero-order valence-electron chi connectivity index (χ0n) is 17.1. The van der Waals surface area contributed by atoms with Crippen LogP contribution < -0.4 is 4.90 Å². The van der Waals surface area contributed by atoms with Gasteiger partial charge in [0.2, 0.25) is 5.95 Å². The van der Waals surface area contributed by atoms with Gasteiger partial charge in [-0.15, -0.1) is 0 Å². The van der Waals surface area contributed by atoms with Crippen LogP contribution in [0.3, 0.4) is 0 Å². The van der Waals surface area contributed by atoms with Crippen molar-refractivity contribution in [1.82, 2.24) is 29.7 Å². The number of nitrogens with zero attached hydrogens (tertiary/aromatic N) is 6. The Kier molecular flexibility index (Phi) is 4.30. The lowest BCUT2D eigenvalue weighted by molar-refractivity contribution is 0.484. The molecular weight excluding hydrogens is 362 g/mol. The van der Waals surface area contributed by atoms with Crippen LogP contribution in [0.5, 0.6) is 0 Å². The number of fused-ring (bicyclic) bond motifs is 1. The van der Waals surface area contributed by atoms with Crippen LogP contribution in [0.2, 0.25) is 0 Å². The molecule has 7 nitrogen and oxygen atoms in total. The number of anilines is 1. The van der Waals surface area contributed by atoms with Crippen LogP contribution in [0.4, 0.5) is 5.95 Å². The standard InChI is InChI=1S/C22H25N7/c1-14-20(15(2)28(3)27-14)19-8-11-23-22(26-19)29-12-9-16(10-13-29)21-24-17-6-4-5-7-18(17)25-21/h4-8,11,16H,9-10,12-13H2,1-3H3,(H,24,25). The van der Waals surface area contributed by atoms with E-state index in [4.69, 9.17) is 9.97 Å². The summed E-state index contributed by atoms with van der Waals surface area (Å²) in [5, 5.41) is 4.52. The molecule has 5 rings (SSSR count). The highest BCUT2D eigenvalue weighted by Gasteiger charge is 2.25. The van der Waals surface area contributed by atoms with Gasteiger partial charge in [0, 0.05) is 43.5 Å². The average molecular weight is 387 g/mol. The van der Waals surface area contributed by atoms with Crippen molar-refractivity contribution in [2.24, 2.45) is 7.05 Å². The molecule has 1 aliphatic rings. The van der Waals surface area contributed by atoms with Crippen LogP contribution in [-0.2, 0) is 7.05 Å². The van der Waals surface area contributed by atoms with Crippen molar-refractivity contribution in [1.29, 1.82) is 0 Å². The maximum Gasteiger partial charge on any atom is 0.225 e. The summed E-state index contributed by atoms with van der Waals surface area (Å²) in [4.78, 5) is 20.0. The van der Waals surface area contributed by atoms with E-state index in [1.54, 1.807) is 0 Å². The van der Waals surface area contributed by atoms with Gasteiger partial charge in [-0.1, -0.05) is 12.1 Å². The molecule has 0 amide bonds. The van der Waals surface area contributed by atoms with E-state index in [-0.39, 0.29) is 0 Å². The number of hydrogen-bond acceptors (Lipinski definition) is 5. The number of hydrogen-bond donors (Lipinski definition) is 1. The van der Waals surface area contributed by atoms with Crippen molar-refractivity contribution >= 4 is 17.0 Å². The molecule has 7 heteroatoms. The highest BCUT2D eigenvalue weighted by Crippen LogP contribution is 2.30. The van der Waals surface area contributed by atoms with E-state index in [0.29, 0.717) is 5.92 Å². The van der Waals surface area contributed by atoms with E-state index < -0.39 is 0 Å². The fraction of sp³-hybridized carbons (Fsp3) is 0.364. The molecule has 1 fully saturated rings. The van der Waals surface area contributed by atoms with Gasteiger partial charge >= 0.3 is 0 Å². The molecule has 4 aromatic rings. The van der Waals surface area contributed by atoms with E-state index >= 15 is 0 Å². The molecule has 1 N–H and O–H groups in total. The zero-order valence-corrected chi connectivity index (χ0v) is 17.1. The predicted molar refractivity (Wildman–Crippen MR) is 114 cm³/mol. The Balaban J connectivity index is 1.34. The van der Waals surface area contributed by atoms with Crippen molar-refractivity contribution < 1.29 is 0 Å². The molecule has 1 saturated heterocycles. The number of aromatic nitrogens is 6. The summed E-state index contributed by atoms with van der Waals surface area (Å²) in [5.74, 6) is 2.35. The van der Waals surface area contributed by atoms with Crippen molar-refractivity contribution in [3.8, 4) is 11.3 Å². The first-order valence-corrected chi connectivity index (χ1v) is 10.1. The fourth-order valence-corrected chi connectivity index (χ4v) is 4.30. The average Bonchev–Trinajstić information content (AvgIpc) is 3.28. The largest absolute Gasteiger partial charge is 0.342 e. The second kappa shape index (κ2) is 6.99.